The maximum atomic E-state index is 11.9. The van der Waals surface area contributed by atoms with E-state index in [1.807, 2.05) is 13.8 Å². The Bertz CT molecular complexity index is 479. The van der Waals surface area contributed by atoms with Gasteiger partial charge in [-0.25, -0.2) is 4.79 Å². The van der Waals surface area contributed by atoms with Gasteiger partial charge in [0, 0.05) is 11.3 Å². The van der Waals surface area contributed by atoms with Gasteiger partial charge in [0.25, 0.3) is 0 Å². The van der Waals surface area contributed by atoms with Gasteiger partial charge in [-0.2, -0.15) is 0 Å². The number of nitrogens with one attached hydrogen (secondary N) is 2. The van der Waals surface area contributed by atoms with Gasteiger partial charge in [0.2, 0.25) is 0 Å². The van der Waals surface area contributed by atoms with E-state index in [-0.39, 0.29) is 12.6 Å². The molecule has 1 aromatic carbocycles. The summed E-state index contributed by atoms with van der Waals surface area (Å²) in [5.41, 5.74) is 0.726. The zero-order chi connectivity index (χ0) is 14.3. The van der Waals surface area contributed by atoms with Crippen molar-refractivity contribution in [3.63, 3.8) is 0 Å². The van der Waals surface area contributed by atoms with Crippen LogP contribution < -0.4 is 10.6 Å². The van der Waals surface area contributed by atoms with E-state index >= 15 is 0 Å². The number of carbonyl (C=O) groups is 1. The topological polar surface area (TPSA) is 61.4 Å². The van der Waals surface area contributed by atoms with Gasteiger partial charge >= 0.3 is 6.03 Å². The highest BCUT2D eigenvalue weighted by Gasteiger charge is 2.24. The number of rotatable bonds is 5. The number of carbonyl (C=O) groups excluding carboxylic acids is 1. The van der Waals surface area contributed by atoms with Crippen LogP contribution in [0.3, 0.4) is 0 Å². The molecule has 3 N–H and O–H groups in total. The zero-order valence-corrected chi connectivity index (χ0v) is 11.4. The van der Waals surface area contributed by atoms with Crippen LogP contribution in [0.25, 0.3) is 0 Å². The van der Waals surface area contributed by atoms with E-state index in [9.17, 15) is 9.90 Å². The fraction of sp³-hybridized carbons (Fsp3) is 0.400. The molecule has 0 aliphatic carbocycles. The van der Waals surface area contributed by atoms with Crippen LogP contribution in [-0.4, -0.2) is 23.3 Å². The summed E-state index contributed by atoms with van der Waals surface area (Å²) < 4.78 is 0. The first kappa shape index (κ1) is 15.1. The summed E-state index contributed by atoms with van der Waals surface area (Å²) >= 11 is 0. The van der Waals surface area contributed by atoms with Crippen LogP contribution in [0, 0.1) is 12.3 Å². The molecule has 0 saturated heterocycles. The predicted octanol–water partition coefficient (Wildman–Crippen LogP) is 2.34. The maximum Gasteiger partial charge on any atom is 0.319 e. The molecular formula is C15H20N2O2. The van der Waals surface area contributed by atoms with Crippen molar-refractivity contribution in [2.24, 2.45) is 0 Å². The van der Waals surface area contributed by atoms with Crippen molar-refractivity contribution >= 4 is 11.7 Å². The van der Waals surface area contributed by atoms with Crippen molar-refractivity contribution in [1.82, 2.24) is 5.32 Å². The molecule has 0 spiro atoms. The van der Waals surface area contributed by atoms with Gasteiger partial charge in [0.05, 0.1) is 12.1 Å². The second-order valence-electron chi connectivity index (χ2n) is 4.77. The second kappa shape index (κ2) is 6.81. The Morgan fingerprint density at radius 2 is 2.26 bits per heavy atom. The van der Waals surface area contributed by atoms with Crippen molar-refractivity contribution in [3.05, 3.63) is 29.8 Å². The summed E-state index contributed by atoms with van der Waals surface area (Å²) in [6.07, 6.45) is 6.89. The number of hydrogen-bond donors (Lipinski definition) is 3. The summed E-state index contributed by atoms with van der Waals surface area (Å²) in [6, 6.07) is 6.70. The highest BCUT2D eigenvalue weighted by Crippen LogP contribution is 2.13. The lowest BCUT2D eigenvalue weighted by atomic mass is 9.98. The van der Waals surface area contributed by atoms with Crippen LogP contribution in [0.1, 0.15) is 32.3 Å². The first-order valence-corrected chi connectivity index (χ1v) is 6.29. The third-order valence-electron chi connectivity index (χ3n) is 2.85. The average Bonchev–Trinajstić information content (AvgIpc) is 2.39. The molecule has 2 amide bonds. The van der Waals surface area contributed by atoms with Gasteiger partial charge < -0.3 is 15.7 Å². The van der Waals surface area contributed by atoms with Crippen molar-refractivity contribution in [3.8, 4) is 12.3 Å². The first-order chi connectivity index (χ1) is 9.03. The van der Waals surface area contributed by atoms with Crippen LogP contribution in [0.15, 0.2) is 24.3 Å². The van der Waals surface area contributed by atoms with Crippen molar-refractivity contribution in [2.75, 3.05) is 11.9 Å². The van der Waals surface area contributed by atoms with Crippen LogP contribution >= 0.6 is 0 Å². The summed E-state index contributed by atoms with van der Waals surface area (Å²) in [4.78, 5) is 11.9. The van der Waals surface area contributed by atoms with Gasteiger partial charge in [-0.15, -0.1) is 6.42 Å². The molecule has 1 aromatic rings. The maximum absolute atomic E-state index is 11.9. The van der Waals surface area contributed by atoms with Crippen LogP contribution in [0.2, 0.25) is 0 Å². The Hall–Kier alpha value is -1.99. The minimum Gasteiger partial charge on any atom is -0.394 e. The molecule has 0 fully saturated rings. The van der Waals surface area contributed by atoms with Crippen LogP contribution in [0.5, 0.6) is 0 Å². The minimum atomic E-state index is -0.609. The van der Waals surface area contributed by atoms with Crippen LogP contribution in [-0.2, 0) is 0 Å². The van der Waals surface area contributed by atoms with Gasteiger partial charge in [-0.05, 0) is 31.5 Å². The number of hydrogen-bond acceptors (Lipinski definition) is 2. The summed E-state index contributed by atoms with van der Waals surface area (Å²) in [5.74, 6) is 2.51. The molecule has 1 unspecified atom stereocenters. The molecule has 0 aromatic heterocycles. The smallest absolute Gasteiger partial charge is 0.319 e. The molecular weight excluding hydrogens is 240 g/mol. The largest absolute Gasteiger partial charge is 0.394 e. The number of anilines is 1. The number of aliphatic hydroxyl groups is 1. The van der Waals surface area contributed by atoms with E-state index < -0.39 is 5.54 Å². The van der Waals surface area contributed by atoms with Gasteiger partial charge in [-0.1, -0.05) is 25.3 Å². The normalized spacial score (nSPS) is 13.2. The Kier molecular flexibility index (Phi) is 5.40. The van der Waals surface area contributed by atoms with E-state index in [0.717, 1.165) is 6.42 Å². The monoisotopic (exact) mass is 260 g/mol. The SMILES string of the molecule is C#Cc1cccc(NC(=O)NC(C)(CO)CCC)c1. The average molecular weight is 260 g/mol. The summed E-state index contributed by atoms with van der Waals surface area (Å²) in [5, 5.41) is 14.8. The molecule has 0 radical (unpaired) electrons. The van der Waals surface area contributed by atoms with E-state index in [4.69, 9.17) is 6.42 Å². The van der Waals surface area contributed by atoms with E-state index in [2.05, 4.69) is 16.6 Å². The Morgan fingerprint density at radius 1 is 1.53 bits per heavy atom. The molecule has 4 heteroatoms. The third-order valence-corrected chi connectivity index (χ3v) is 2.85. The second-order valence-corrected chi connectivity index (χ2v) is 4.77. The van der Waals surface area contributed by atoms with Crippen molar-refractivity contribution in [2.45, 2.75) is 32.2 Å². The molecule has 102 valence electrons. The molecule has 1 rings (SSSR count). The lowest BCUT2D eigenvalue weighted by Gasteiger charge is -2.28. The lowest BCUT2D eigenvalue weighted by molar-refractivity contribution is 0.167. The van der Waals surface area contributed by atoms with Gasteiger partial charge in [-0.3, -0.25) is 0 Å². The van der Waals surface area contributed by atoms with Crippen LogP contribution in [0.4, 0.5) is 10.5 Å². The third kappa shape index (κ3) is 4.65. The highest BCUT2D eigenvalue weighted by atomic mass is 16.3. The number of amides is 2. The Balaban J connectivity index is 2.67. The molecule has 19 heavy (non-hydrogen) atoms. The summed E-state index contributed by atoms with van der Waals surface area (Å²) in [7, 11) is 0. The molecule has 0 heterocycles. The molecule has 0 saturated carbocycles. The molecule has 0 aliphatic heterocycles. The van der Waals surface area contributed by atoms with E-state index in [1.54, 1.807) is 24.3 Å². The lowest BCUT2D eigenvalue weighted by Crippen LogP contribution is -2.50. The zero-order valence-electron chi connectivity index (χ0n) is 11.4. The van der Waals surface area contributed by atoms with E-state index in [1.165, 1.54) is 0 Å². The number of aliphatic hydroxyl groups excluding tert-OH is 1. The molecule has 4 nitrogen and oxygen atoms in total. The van der Waals surface area contributed by atoms with Crippen molar-refractivity contribution < 1.29 is 9.90 Å². The number of terminal acetylenes is 1. The molecule has 0 bridgehead atoms. The standard InChI is InChI=1S/C15H20N2O2/c1-4-9-15(3,11-18)17-14(19)16-13-8-6-7-12(5-2)10-13/h2,6-8,10,18H,4,9,11H2,1,3H3,(H2,16,17,19). The van der Waals surface area contributed by atoms with Gasteiger partial charge in [0.15, 0.2) is 0 Å². The Labute approximate surface area is 114 Å². The predicted molar refractivity (Wildman–Crippen MR) is 76.9 cm³/mol. The van der Waals surface area contributed by atoms with Gasteiger partial charge in [0.1, 0.15) is 0 Å². The fourth-order valence-electron chi connectivity index (χ4n) is 1.86. The molecule has 1 atom stereocenters. The van der Waals surface area contributed by atoms with E-state index in [0.29, 0.717) is 17.7 Å². The minimum absolute atomic E-state index is 0.0986. The molecule has 0 aliphatic rings. The fourth-order valence-corrected chi connectivity index (χ4v) is 1.86. The summed E-state index contributed by atoms with van der Waals surface area (Å²) in [6.45, 7) is 3.72. The highest BCUT2D eigenvalue weighted by molar-refractivity contribution is 5.89. The quantitative estimate of drug-likeness (QED) is 0.712. The Morgan fingerprint density at radius 3 is 2.84 bits per heavy atom. The number of urea groups is 1. The first-order valence-electron chi connectivity index (χ1n) is 6.29. The van der Waals surface area contributed by atoms with Crippen molar-refractivity contribution in [1.29, 1.82) is 0 Å². The number of benzene rings is 1.